The predicted octanol–water partition coefficient (Wildman–Crippen LogP) is 3.04. The third kappa shape index (κ3) is 3.90. The quantitative estimate of drug-likeness (QED) is 0.681. The highest BCUT2D eigenvalue weighted by Gasteiger charge is 2.66. The molecule has 1 fully saturated rings. The molecule has 1 aromatic carbocycles. The van der Waals surface area contributed by atoms with Crippen molar-refractivity contribution >= 4 is 17.7 Å². The Morgan fingerprint density at radius 1 is 1.22 bits per heavy atom. The van der Waals surface area contributed by atoms with E-state index in [2.05, 4.69) is 5.32 Å². The molecule has 1 amide bonds. The van der Waals surface area contributed by atoms with Crippen LogP contribution in [0.1, 0.15) is 61.5 Å². The molecule has 0 bridgehead atoms. The number of aryl methyl sites for hydroxylation is 2. The first-order valence-electron chi connectivity index (χ1n) is 9.31. The Morgan fingerprint density at radius 2 is 1.89 bits per heavy atom. The second kappa shape index (κ2) is 7.80. The van der Waals surface area contributed by atoms with Crippen LogP contribution in [-0.2, 0) is 14.3 Å². The van der Waals surface area contributed by atoms with Crippen molar-refractivity contribution in [1.82, 2.24) is 5.32 Å². The lowest BCUT2D eigenvalue weighted by molar-refractivity contribution is -0.194. The van der Waals surface area contributed by atoms with Crippen LogP contribution in [0.15, 0.2) is 18.2 Å². The van der Waals surface area contributed by atoms with Crippen molar-refractivity contribution in [2.75, 3.05) is 6.61 Å². The van der Waals surface area contributed by atoms with Gasteiger partial charge in [-0.3, -0.25) is 9.59 Å². The Morgan fingerprint density at radius 3 is 2.44 bits per heavy atom. The van der Waals surface area contributed by atoms with Crippen molar-refractivity contribution in [3.05, 3.63) is 34.9 Å². The summed E-state index contributed by atoms with van der Waals surface area (Å²) in [5, 5.41) is 12.4. The largest absolute Gasteiger partial charge is 0.479 e. The zero-order chi connectivity index (χ0) is 20.4. The fourth-order valence-electron chi connectivity index (χ4n) is 3.74. The number of amides is 1. The number of carbonyl (C=O) groups excluding carboxylic acids is 2. The number of ether oxygens (including phenoxy) is 1. The van der Waals surface area contributed by atoms with E-state index in [9.17, 15) is 19.5 Å². The van der Waals surface area contributed by atoms with Gasteiger partial charge in [0, 0.05) is 36.8 Å². The molecule has 2 rings (SSSR count). The van der Waals surface area contributed by atoms with Gasteiger partial charge < -0.3 is 15.2 Å². The summed E-state index contributed by atoms with van der Waals surface area (Å²) >= 11 is 0. The standard InChI is InChI=1S/C21H29NO5/c1-6-27-17-12-21(19(25)26,20(17,4)5)22-18(24)10-9-16(23)15-11-13(2)7-8-14(15)3/h7-8,11,17H,6,9-10,12H2,1-5H3,(H,22,24)(H,25,26). The Labute approximate surface area is 160 Å². The lowest BCUT2D eigenvalue weighted by atomic mass is 9.54. The number of hydrogen-bond donors (Lipinski definition) is 2. The average Bonchev–Trinajstić information content (AvgIpc) is 2.60. The lowest BCUT2D eigenvalue weighted by Crippen LogP contribution is -2.76. The number of nitrogens with one attached hydrogen (secondary N) is 1. The molecule has 1 saturated carbocycles. The lowest BCUT2D eigenvalue weighted by Gasteiger charge is -2.58. The summed E-state index contributed by atoms with van der Waals surface area (Å²) in [6, 6.07) is 5.63. The zero-order valence-electron chi connectivity index (χ0n) is 16.7. The normalized spacial score (nSPS) is 23.4. The minimum atomic E-state index is -1.37. The van der Waals surface area contributed by atoms with Crippen LogP contribution in [0.5, 0.6) is 0 Å². The summed E-state index contributed by atoms with van der Waals surface area (Å²) in [6.07, 6.45) is -0.00655. The first-order valence-corrected chi connectivity index (χ1v) is 9.31. The van der Waals surface area contributed by atoms with E-state index in [0.717, 1.165) is 11.1 Å². The number of benzene rings is 1. The number of aliphatic carboxylic acids is 1. The summed E-state index contributed by atoms with van der Waals surface area (Å²) < 4.78 is 5.59. The second-order valence-electron chi connectivity index (χ2n) is 7.87. The number of ketones is 1. The molecular weight excluding hydrogens is 346 g/mol. The summed E-state index contributed by atoms with van der Waals surface area (Å²) in [7, 11) is 0. The van der Waals surface area contributed by atoms with E-state index in [1.165, 1.54) is 0 Å². The van der Waals surface area contributed by atoms with Crippen LogP contribution in [0.25, 0.3) is 0 Å². The minimum Gasteiger partial charge on any atom is -0.479 e. The van der Waals surface area contributed by atoms with Crippen LogP contribution >= 0.6 is 0 Å². The molecule has 6 heteroatoms. The van der Waals surface area contributed by atoms with Gasteiger partial charge in [-0.15, -0.1) is 0 Å². The molecule has 1 aromatic rings. The monoisotopic (exact) mass is 375 g/mol. The molecule has 148 valence electrons. The molecule has 2 N–H and O–H groups in total. The number of Topliss-reactive ketones (excluding diaryl/α,β-unsaturated/α-hetero) is 1. The smallest absolute Gasteiger partial charge is 0.330 e. The molecule has 1 aliphatic carbocycles. The van der Waals surface area contributed by atoms with Gasteiger partial charge in [0.1, 0.15) is 5.54 Å². The molecule has 0 radical (unpaired) electrons. The third-order valence-corrected chi connectivity index (χ3v) is 5.75. The van der Waals surface area contributed by atoms with E-state index in [1.54, 1.807) is 13.8 Å². The molecule has 2 unspecified atom stereocenters. The molecule has 0 spiro atoms. The van der Waals surface area contributed by atoms with Crippen molar-refractivity contribution in [3.8, 4) is 0 Å². The molecular formula is C21H29NO5. The molecule has 0 aliphatic heterocycles. The maximum atomic E-state index is 12.5. The predicted molar refractivity (Wildman–Crippen MR) is 102 cm³/mol. The Kier molecular flexibility index (Phi) is 6.10. The van der Waals surface area contributed by atoms with Crippen LogP contribution in [0.3, 0.4) is 0 Å². The van der Waals surface area contributed by atoms with Gasteiger partial charge in [0.05, 0.1) is 6.10 Å². The molecule has 1 aliphatic rings. The Bertz CT molecular complexity index is 755. The van der Waals surface area contributed by atoms with Gasteiger partial charge in [0.2, 0.25) is 5.91 Å². The summed E-state index contributed by atoms with van der Waals surface area (Å²) in [5.74, 6) is -1.62. The van der Waals surface area contributed by atoms with Crippen LogP contribution < -0.4 is 5.32 Å². The van der Waals surface area contributed by atoms with Crippen LogP contribution in [0.4, 0.5) is 0 Å². The van der Waals surface area contributed by atoms with Crippen molar-refractivity contribution in [1.29, 1.82) is 0 Å². The molecule has 27 heavy (non-hydrogen) atoms. The van der Waals surface area contributed by atoms with Crippen LogP contribution in [0, 0.1) is 19.3 Å². The fourth-order valence-corrected chi connectivity index (χ4v) is 3.74. The molecule has 0 aromatic heterocycles. The molecule has 0 saturated heterocycles. The summed E-state index contributed by atoms with van der Waals surface area (Å²) in [5.41, 5.74) is 0.355. The van der Waals surface area contributed by atoms with E-state index in [0.29, 0.717) is 12.2 Å². The molecule has 2 atom stereocenters. The second-order valence-corrected chi connectivity index (χ2v) is 7.87. The Balaban J connectivity index is 2.03. The summed E-state index contributed by atoms with van der Waals surface area (Å²) in [6.45, 7) is 9.68. The zero-order valence-corrected chi connectivity index (χ0v) is 16.7. The van der Waals surface area contributed by atoms with Gasteiger partial charge in [-0.1, -0.05) is 31.5 Å². The maximum absolute atomic E-state index is 12.5. The number of carboxylic acids is 1. The van der Waals surface area contributed by atoms with E-state index in [1.807, 2.05) is 39.0 Å². The first kappa shape index (κ1) is 21.1. The highest BCUT2D eigenvalue weighted by Crippen LogP contribution is 2.51. The average molecular weight is 375 g/mol. The summed E-state index contributed by atoms with van der Waals surface area (Å²) in [4.78, 5) is 36.8. The van der Waals surface area contributed by atoms with Gasteiger partial charge in [-0.05, 0) is 32.4 Å². The fraction of sp³-hybridized carbons (Fsp3) is 0.571. The van der Waals surface area contributed by atoms with Gasteiger partial charge in [0.15, 0.2) is 5.78 Å². The molecule has 0 heterocycles. The number of carbonyl (C=O) groups is 3. The topological polar surface area (TPSA) is 92.7 Å². The number of hydrogen-bond acceptors (Lipinski definition) is 4. The van der Waals surface area contributed by atoms with Crippen molar-refractivity contribution in [2.45, 2.75) is 65.5 Å². The maximum Gasteiger partial charge on any atom is 0.330 e. The van der Waals surface area contributed by atoms with Gasteiger partial charge in [-0.2, -0.15) is 0 Å². The number of rotatable bonds is 8. The SMILES string of the molecule is CCOC1CC(NC(=O)CCC(=O)c2cc(C)ccc2C)(C(=O)O)C1(C)C. The third-order valence-electron chi connectivity index (χ3n) is 5.75. The van der Waals surface area contributed by atoms with Crippen LogP contribution in [0.2, 0.25) is 0 Å². The molecule has 6 nitrogen and oxygen atoms in total. The van der Waals surface area contributed by atoms with Gasteiger partial charge >= 0.3 is 5.97 Å². The van der Waals surface area contributed by atoms with E-state index < -0.39 is 22.8 Å². The first-order chi connectivity index (χ1) is 12.5. The Hall–Kier alpha value is -2.21. The van der Waals surface area contributed by atoms with Gasteiger partial charge in [0.25, 0.3) is 0 Å². The van der Waals surface area contributed by atoms with Crippen LogP contribution in [-0.4, -0.2) is 41.0 Å². The highest BCUT2D eigenvalue weighted by molar-refractivity contribution is 5.99. The van der Waals surface area contributed by atoms with Crippen molar-refractivity contribution in [2.24, 2.45) is 5.41 Å². The van der Waals surface area contributed by atoms with E-state index in [4.69, 9.17) is 4.74 Å². The van der Waals surface area contributed by atoms with E-state index >= 15 is 0 Å². The van der Waals surface area contributed by atoms with Crippen molar-refractivity contribution in [3.63, 3.8) is 0 Å². The number of carboxylic acid groups (broad SMARTS) is 1. The highest BCUT2D eigenvalue weighted by atomic mass is 16.5. The van der Waals surface area contributed by atoms with Gasteiger partial charge in [-0.25, -0.2) is 4.79 Å². The van der Waals surface area contributed by atoms with Crippen molar-refractivity contribution < 1.29 is 24.2 Å². The van der Waals surface area contributed by atoms with E-state index in [-0.39, 0.29) is 31.1 Å². The minimum absolute atomic E-state index is 0.0428.